The SMILES string of the molecule is CCCC(CC)(CN)N(C)C1CCC(CC)CC1. The molecule has 1 unspecified atom stereocenters. The topological polar surface area (TPSA) is 29.3 Å². The Morgan fingerprint density at radius 3 is 2.11 bits per heavy atom. The van der Waals surface area contributed by atoms with E-state index in [2.05, 4.69) is 32.7 Å². The summed E-state index contributed by atoms with van der Waals surface area (Å²) >= 11 is 0. The summed E-state index contributed by atoms with van der Waals surface area (Å²) in [6, 6.07) is 0.767. The van der Waals surface area contributed by atoms with Crippen molar-refractivity contribution in [1.82, 2.24) is 4.90 Å². The summed E-state index contributed by atoms with van der Waals surface area (Å²) in [6.07, 6.45) is 10.6. The molecule has 1 atom stereocenters. The molecule has 2 nitrogen and oxygen atoms in total. The summed E-state index contributed by atoms with van der Waals surface area (Å²) in [6.45, 7) is 7.72. The minimum absolute atomic E-state index is 0.248. The van der Waals surface area contributed by atoms with E-state index in [0.717, 1.165) is 18.5 Å². The number of nitrogens with two attached hydrogens (primary N) is 1. The zero-order valence-corrected chi connectivity index (χ0v) is 13.0. The molecule has 0 bridgehead atoms. The number of likely N-dealkylation sites (N-methyl/N-ethyl adjacent to an activating group) is 1. The summed E-state index contributed by atoms with van der Waals surface area (Å²) in [5.74, 6) is 0.981. The molecule has 1 saturated carbocycles. The maximum atomic E-state index is 6.12. The van der Waals surface area contributed by atoms with Gasteiger partial charge in [-0.2, -0.15) is 0 Å². The highest BCUT2D eigenvalue weighted by Crippen LogP contribution is 2.34. The third-order valence-electron chi connectivity index (χ3n) is 5.44. The van der Waals surface area contributed by atoms with E-state index in [1.165, 1.54) is 51.4 Å². The quantitative estimate of drug-likeness (QED) is 0.749. The van der Waals surface area contributed by atoms with Crippen molar-refractivity contribution in [3.05, 3.63) is 0 Å². The molecule has 0 radical (unpaired) electrons. The fourth-order valence-electron chi connectivity index (χ4n) is 3.79. The van der Waals surface area contributed by atoms with Crippen LogP contribution in [0.3, 0.4) is 0 Å². The molecule has 1 fully saturated rings. The van der Waals surface area contributed by atoms with Crippen LogP contribution in [0, 0.1) is 5.92 Å². The maximum Gasteiger partial charge on any atom is 0.0328 e. The predicted octanol–water partition coefficient (Wildman–Crippen LogP) is 3.79. The van der Waals surface area contributed by atoms with Crippen LogP contribution in [-0.2, 0) is 0 Å². The lowest BCUT2D eigenvalue weighted by Crippen LogP contribution is -2.56. The van der Waals surface area contributed by atoms with Gasteiger partial charge in [-0.3, -0.25) is 4.90 Å². The van der Waals surface area contributed by atoms with Gasteiger partial charge in [-0.05, 0) is 51.5 Å². The zero-order valence-electron chi connectivity index (χ0n) is 13.0. The highest BCUT2D eigenvalue weighted by atomic mass is 15.2. The van der Waals surface area contributed by atoms with Crippen LogP contribution in [0.4, 0.5) is 0 Å². The Hall–Kier alpha value is -0.0800. The third-order valence-corrected chi connectivity index (χ3v) is 5.44. The van der Waals surface area contributed by atoms with Gasteiger partial charge in [0.15, 0.2) is 0 Å². The van der Waals surface area contributed by atoms with Gasteiger partial charge in [0, 0.05) is 18.1 Å². The molecule has 1 rings (SSSR count). The summed E-state index contributed by atoms with van der Waals surface area (Å²) in [4.78, 5) is 2.64. The van der Waals surface area contributed by atoms with Gasteiger partial charge >= 0.3 is 0 Å². The van der Waals surface area contributed by atoms with E-state index in [1.807, 2.05) is 0 Å². The minimum Gasteiger partial charge on any atom is -0.329 e. The second-order valence-electron chi connectivity index (χ2n) is 6.23. The highest BCUT2D eigenvalue weighted by molar-refractivity contribution is 4.93. The van der Waals surface area contributed by atoms with Crippen LogP contribution in [0.1, 0.15) is 72.1 Å². The fourth-order valence-corrected chi connectivity index (χ4v) is 3.79. The van der Waals surface area contributed by atoms with Gasteiger partial charge in [0.05, 0.1) is 0 Å². The molecule has 0 saturated heterocycles. The van der Waals surface area contributed by atoms with Crippen LogP contribution in [-0.4, -0.2) is 30.1 Å². The summed E-state index contributed by atoms with van der Waals surface area (Å²) in [5, 5.41) is 0. The molecule has 1 aliphatic carbocycles. The molecule has 0 heterocycles. The highest BCUT2D eigenvalue weighted by Gasteiger charge is 2.36. The standard InChI is InChI=1S/C16H34N2/c1-5-12-16(7-3,13-17)18(4)15-10-8-14(6-2)9-11-15/h14-15H,5-13,17H2,1-4H3. The van der Waals surface area contributed by atoms with Crippen molar-refractivity contribution < 1.29 is 0 Å². The van der Waals surface area contributed by atoms with Gasteiger partial charge in [0.2, 0.25) is 0 Å². The summed E-state index contributed by atoms with van der Waals surface area (Å²) < 4.78 is 0. The van der Waals surface area contributed by atoms with Crippen LogP contribution in [0.5, 0.6) is 0 Å². The predicted molar refractivity (Wildman–Crippen MR) is 80.8 cm³/mol. The first kappa shape index (κ1) is 16.0. The van der Waals surface area contributed by atoms with Gasteiger partial charge < -0.3 is 5.73 Å². The second kappa shape index (κ2) is 7.49. The molecule has 0 amide bonds. The molecular formula is C16H34N2. The van der Waals surface area contributed by atoms with E-state index in [-0.39, 0.29) is 5.54 Å². The van der Waals surface area contributed by atoms with Crippen molar-refractivity contribution in [1.29, 1.82) is 0 Å². The van der Waals surface area contributed by atoms with Crippen LogP contribution in [0.15, 0.2) is 0 Å². The van der Waals surface area contributed by atoms with Gasteiger partial charge in [0.1, 0.15) is 0 Å². The lowest BCUT2D eigenvalue weighted by atomic mass is 9.80. The van der Waals surface area contributed by atoms with Gasteiger partial charge in [-0.25, -0.2) is 0 Å². The summed E-state index contributed by atoms with van der Waals surface area (Å²) in [7, 11) is 2.32. The van der Waals surface area contributed by atoms with Crippen molar-refractivity contribution >= 4 is 0 Å². The molecule has 0 aromatic carbocycles. The van der Waals surface area contributed by atoms with Crippen LogP contribution in [0.25, 0.3) is 0 Å². The van der Waals surface area contributed by atoms with Crippen molar-refractivity contribution in [2.45, 2.75) is 83.7 Å². The molecule has 18 heavy (non-hydrogen) atoms. The van der Waals surface area contributed by atoms with Gasteiger partial charge in [0.25, 0.3) is 0 Å². The third kappa shape index (κ3) is 3.48. The normalized spacial score (nSPS) is 28.3. The molecule has 0 aromatic rings. The van der Waals surface area contributed by atoms with E-state index < -0.39 is 0 Å². The van der Waals surface area contributed by atoms with E-state index in [4.69, 9.17) is 5.73 Å². The van der Waals surface area contributed by atoms with Crippen LogP contribution in [0.2, 0.25) is 0 Å². The molecule has 1 aliphatic rings. The van der Waals surface area contributed by atoms with Crippen molar-refractivity contribution in [2.75, 3.05) is 13.6 Å². The lowest BCUT2D eigenvalue weighted by molar-refractivity contribution is 0.0384. The smallest absolute Gasteiger partial charge is 0.0328 e. The van der Waals surface area contributed by atoms with Crippen LogP contribution >= 0.6 is 0 Å². The molecule has 108 valence electrons. The Morgan fingerprint density at radius 1 is 1.11 bits per heavy atom. The van der Waals surface area contributed by atoms with E-state index in [1.54, 1.807) is 0 Å². The van der Waals surface area contributed by atoms with Crippen LogP contribution < -0.4 is 5.73 Å². The van der Waals surface area contributed by atoms with Crippen molar-refractivity contribution in [2.24, 2.45) is 11.7 Å². The lowest BCUT2D eigenvalue weighted by Gasteiger charge is -2.47. The molecular weight excluding hydrogens is 220 g/mol. The van der Waals surface area contributed by atoms with E-state index in [0.29, 0.717) is 0 Å². The second-order valence-corrected chi connectivity index (χ2v) is 6.23. The monoisotopic (exact) mass is 254 g/mol. The Balaban J connectivity index is 2.63. The molecule has 0 aliphatic heterocycles. The van der Waals surface area contributed by atoms with E-state index in [9.17, 15) is 0 Å². The molecule has 0 aromatic heterocycles. The first-order valence-corrected chi connectivity index (χ1v) is 8.06. The van der Waals surface area contributed by atoms with Crippen molar-refractivity contribution in [3.63, 3.8) is 0 Å². The Morgan fingerprint density at radius 2 is 1.72 bits per heavy atom. The first-order valence-electron chi connectivity index (χ1n) is 8.06. The molecule has 2 N–H and O–H groups in total. The zero-order chi connectivity index (χ0) is 13.6. The minimum atomic E-state index is 0.248. The fraction of sp³-hybridized carbons (Fsp3) is 1.00. The Kier molecular flexibility index (Phi) is 6.65. The average Bonchev–Trinajstić information content (AvgIpc) is 2.44. The number of hydrogen-bond donors (Lipinski definition) is 1. The first-order chi connectivity index (χ1) is 8.63. The summed E-state index contributed by atoms with van der Waals surface area (Å²) in [5.41, 5.74) is 6.37. The number of rotatable bonds is 7. The molecule has 2 heteroatoms. The largest absolute Gasteiger partial charge is 0.329 e. The average molecular weight is 254 g/mol. The number of nitrogens with zero attached hydrogens (tertiary/aromatic N) is 1. The Bertz CT molecular complexity index is 215. The van der Waals surface area contributed by atoms with Gasteiger partial charge in [-0.15, -0.1) is 0 Å². The Labute approximate surface area is 114 Å². The maximum absolute atomic E-state index is 6.12. The number of hydrogen-bond acceptors (Lipinski definition) is 2. The van der Waals surface area contributed by atoms with Crippen molar-refractivity contribution in [3.8, 4) is 0 Å². The van der Waals surface area contributed by atoms with E-state index >= 15 is 0 Å². The van der Waals surface area contributed by atoms with Gasteiger partial charge in [-0.1, -0.05) is 33.6 Å². The molecule has 0 spiro atoms.